The lowest BCUT2D eigenvalue weighted by Gasteiger charge is -2.15. The van der Waals surface area contributed by atoms with Crippen LogP contribution in [0.25, 0.3) is 11.2 Å². The van der Waals surface area contributed by atoms with Crippen molar-refractivity contribution in [2.45, 2.75) is 45.0 Å². The Bertz CT molecular complexity index is 538. The molecule has 5 heteroatoms. The van der Waals surface area contributed by atoms with Crippen molar-refractivity contribution in [3.05, 3.63) is 22.6 Å². The van der Waals surface area contributed by atoms with Crippen LogP contribution in [-0.2, 0) is 5.88 Å². The van der Waals surface area contributed by atoms with E-state index in [1.54, 1.807) is 0 Å². The van der Waals surface area contributed by atoms with E-state index >= 15 is 0 Å². The van der Waals surface area contributed by atoms with E-state index in [1.807, 2.05) is 12.3 Å². The summed E-state index contributed by atoms with van der Waals surface area (Å²) >= 11 is 9.42. The second-order valence-electron chi connectivity index (χ2n) is 4.52. The van der Waals surface area contributed by atoms with Gasteiger partial charge < -0.3 is 4.57 Å². The highest BCUT2D eigenvalue weighted by molar-refractivity contribution is 9.10. The zero-order valence-electron chi connectivity index (χ0n) is 10.7. The first-order valence-electron chi connectivity index (χ1n) is 6.25. The number of hydrogen-bond donors (Lipinski definition) is 0. The maximum atomic E-state index is 6.00. The molecule has 0 N–H and O–H groups in total. The number of hydrogen-bond acceptors (Lipinski definition) is 2. The molecule has 1 unspecified atom stereocenters. The van der Waals surface area contributed by atoms with Crippen LogP contribution in [0.4, 0.5) is 0 Å². The minimum absolute atomic E-state index is 0.386. The Morgan fingerprint density at radius 3 is 2.94 bits per heavy atom. The summed E-state index contributed by atoms with van der Waals surface area (Å²) in [6, 6.07) is 2.37. The van der Waals surface area contributed by atoms with Crippen LogP contribution < -0.4 is 0 Å². The number of fused-ring (bicyclic) bond motifs is 1. The van der Waals surface area contributed by atoms with E-state index < -0.39 is 0 Å². The number of imidazole rings is 1. The normalized spacial score (nSPS) is 13.1. The van der Waals surface area contributed by atoms with Gasteiger partial charge in [0, 0.05) is 16.7 Å². The molecule has 0 saturated carbocycles. The predicted octanol–water partition coefficient (Wildman–Crippen LogP) is 4.68. The predicted molar refractivity (Wildman–Crippen MR) is 79.0 cm³/mol. The van der Waals surface area contributed by atoms with Crippen LogP contribution in [0, 0.1) is 0 Å². The van der Waals surface area contributed by atoms with Crippen LogP contribution >= 0.6 is 27.5 Å². The molecule has 0 radical (unpaired) electrons. The molecular weight excluding hydrogens is 314 g/mol. The number of pyridine rings is 1. The van der Waals surface area contributed by atoms with Gasteiger partial charge >= 0.3 is 0 Å². The molecule has 0 aliphatic carbocycles. The van der Waals surface area contributed by atoms with Crippen molar-refractivity contribution in [3.63, 3.8) is 0 Å². The Labute approximate surface area is 121 Å². The summed E-state index contributed by atoms with van der Waals surface area (Å²) in [4.78, 5) is 9.03. The molecular formula is C13H17BrClN3. The van der Waals surface area contributed by atoms with Gasteiger partial charge in [-0.3, -0.25) is 0 Å². The van der Waals surface area contributed by atoms with Gasteiger partial charge in [-0.15, -0.1) is 11.6 Å². The van der Waals surface area contributed by atoms with Crippen LogP contribution in [0.5, 0.6) is 0 Å². The molecule has 2 aromatic heterocycles. The smallest absolute Gasteiger partial charge is 0.160 e. The molecule has 0 amide bonds. The zero-order chi connectivity index (χ0) is 13.1. The molecule has 2 heterocycles. The quantitative estimate of drug-likeness (QED) is 0.745. The first-order valence-corrected chi connectivity index (χ1v) is 7.58. The lowest BCUT2D eigenvalue weighted by molar-refractivity contribution is 0.483. The topological polar surface area (TPSA) is 30.7 Å². The Morgan fingerprint density at radius 1 is 1.50 bits per heavy atom. The van der Waals surface area contributed by atoms with Crippen LogP contribution in [0.3, 0.4) is 0 Å². The Hall–Kier alpha value is -0.610. The van der Waals surface area contributed by atoms with E-state index in [0.29, 0.717) is 11.9 Å². The molecule has 18 heavy (non-hydrogen) atoms. The molecule has 98 valence electrons. The first kappa shape index (κ1) is 13.8. The van der Waals surface area contributed by atoms with Crippen molar-refractivity contribution >= 4 is 38.7 Å². The second-order valence-corrected chi connectivity index (χ2v) is 5.70. The molecule has 2 rings (SSSR count). The lowest BCUT2D eigenvalue weighted by Crippen LogP contribution is -2.09. The molecule has 0 spiro atoms. The molecule has 0 fully saturated rings. The zero-order valence-corrected chi connectivity index (χ0v) is 13.0. The third-order valence-corrected chi connectivity index (χ3v) is 3.78. The third-order valence-electron chi connectivity index (χ3n) is 3.11. The lowest BCUT2D eigenvalue weighted by atomic mass is 10.1. The van der Waals surface area contributed by atoms with E-state index in [2.05, 4.69) is 44.3 Å². The molecule has 2 aromatic rings. The fourth-order valence-corrected chi connectivity index (χ4v) is 2.70. The summed E-state index contributed by atoms with van der Waals surface area (Å²) < 4.78 is 3.12. The fraction of sp³-hybridized carbons (Fsp3) is 0.538. The van der Waals surface area contributed by atoms with E-state index in [9.17, 15) is 0 Å². The average Bonchev–Trinajstić information content (AvgIpc) is 2.73. The Balaban J connectivity index is 2.46. The van der Waals surface area contributed by atoms with E-state index in [1.165, 1.54) is 12.8 Å². The van der Waals surface area contributed by atoms with Crippen molar-refractivity contribution in [3.8, 4) is 0 Å². The summed E-state index contributed by atoms with van der Waals surface area (Å²) in [5.74, 6) is 1.32. The van der Waals surface area contributed by atoms with Gasteiger partial charge in [0.05, 0.1) is 5.88 Å². The van der Waals surface area contributed by atoms with Gasteiger partial charge in [-0.2, -0.15) is 0 Å². The van der Waals surface area contributed by atoms with Gasteiger partial charge in [-0.1, -0.05) is 19.8 Å². The third kappa shape index (κ3) is 2.69. The van der Waals surface area contributed by atoms with E-state index in [4.69, 9.17) is 11.6 Å². The molecule has 0 bridgehead atoms. The van der Waals surface area contributed by atoms with E-state index in [-0.39, 0.29) is 0 Å². The van der Waals surface area contributed by atoms with Gasteiger partial charge in [0.15, 0.2) is 5.65 Å². The Morgan fingerprint density at radius 2 is 2.28 bits per heavy atom. The number of rotatable bonds is 5. The number of alkyl halides is 1. The van der Waals surface area contributed by atoms with Gasteiger partial charge in [0.25, 0.3) is 0 Å². The summed E-state index contributed by atoms with van der Waals surface area (Å²) in [5.41, 5.74) is 1.83. The first-order chi connectivity index (χ1) is 8.67. The highest BCUT2D eigenvalue weighted by atomic mass is 79.9. The monoisotopic (exact) mass is 329 g/mol. The molecule has 0 aliphatic rings. The fourth-order valence-electron chi connectivity index (χ4n) is 2.19. The maximum absolute atomic E-state index is 6.00. The molecule has 0 aliphatic heterocycles. The van der Waals surface area contributed by atoms with Crippen molar-refractivity contribution in [2.24, 2.45) is 0 Å². The number of aromatic nitrogens is 3. The largest absolute Gasteiger partial charge is 0.309 e. The summed E-state index contributed by atoms with van der Waals surface area (Å²) in [5, 5.41) is 0. The maximum Gasteiger partial charge on any atom is 0.160 e. The summed E-state index contributed by atoms with van der Waals surface area (Å²) in [7, 11) is 0. The van der Waals surface area contributed by atoms with E-state index in [0.717, 1.165) is 27.9 Å². The minimum Gasteiger partial charge on any atom is -0.309 e. The molecule has 3 nitrogen and oxygen atoms in total. The number of nitrogens with zero attached hydrogens (tertiary/aromatic N) is 3. The Kier molecular flexibility index (Phi) is 4.62. The highest BCUT2D eigenvalue weighted by Gasteiger charge is 2.16. The minimum atomic E-state index is 0.386. The molecule has 0 saturated heterocycles. The van der Waals surface area contributed by atoms with Crippen LogP contribution in [-0.4, -0.2) is 14.5 Å². The van der Waals surface area contributed by atoms with Crippen molar-refractivity contribution in [2.75, 3.05) is 0 Å². The van der Waals surface area contributed by atoms with Gasteiger partial charge in [-0.05, 0) is 35.3 Å². The van der Waals surface area contributed by atoms with Crippen molar-refractivity contribution < 1.29 is 0 Å². The van der Waals surface area contributed by atoms with Gasteiger partial charge in [-0.25, -0.2) is 9.97 Å². The van der Waals surface area contributed by atoms with Crippen LogP contribution in [0.15, 0.2) is 16.7 Å². The molecule has 0 aromatic carbocycles. The van der Waals surface area contributed by atoms with Crippen molar-refractivity contribution in [1.29, 1.82) is 0 Å². The SMILES string of the molecule is CCCCC(C)n1c(CCl)nc2cc(Br)cnc21. The van der Waals surface area contributed by atoms with Gasteiger partial charge in [0.2, 0.25) is 0 Å². The second kappa shape index (κ2) is 6.02. The summed E-state index contributed by atoms with van der Waals surface area (Å²) in [6.07, 6.45) is 5.35. The number of unbranched alkanes of at least 4 members (excludes halogenated alkanes) is 1. The standard InChI is InChI=1S/C13H17BrClN3/c1-3-4-5-9(2)18-12(7-15)17-11-6-10(14)8-16-13(11)18/h6,8-9H,3-5,7H2,1-2H3. The van der Waals surface area contributed by atoms with Gasteiger partial charge in [0.1, 0.15) is 11.3 Å². The summed E-state index contributed by atoms with van der Waals surface area (Å²) in [6.45, 7) is 4.41. The van der Waals surface area contributed by atoms with Crippen LogP contribution in [0.2, 0.25) is 0 Å². The average molecular weight is 331 g/mol. The van der Waals surface area contributed by atoms with Crippen LogP contribution in [0.1, 0.15) is 45.0 Å². The highest BCUT2D eigenvalue weighted by Crippen LogP contribution is 2.25. The molecule has 1 atom stereocenters. The van der Waals surface area contributed by atoms with Crippen molar-refractivity contribution in [1.82, 2.24) is 14.5 Å². The number of halogens is 2.